The maximum atomic E-state index is 13.4. The summed E-state index contributed by atoms with van der Waals surface area (Å²) in [6, 6.07) is 3.52. The largest absolute Gasteiger partial charge is 0.496 e. The van der Waals surface area contributed by atoms with Crippen molar-refractivity contribution in [3.05, 3.63) is 92.1 Å². The summed E-state index contributed by atoms with van der Waals surface area (Å²) in [6.07, 6.45) is 10.1. The molecule has 0 bridgehead atoms. The lowest BCUT2D eigenvalue weighted by Crippen LogP contribution is -2.26. The second-order valence-corrected chi connectivity index (χ2v) is 59.5. The first kappa shape index (κ1) is 96.6. The van der Waals surface area contributed by atoms with Gasteiger partial charge in [0.2, 0.25) is 0 Å². The van der Waals surface area contributed by atoms with Gasteiger partial charge < -0.3 is 62.5 Å². The Labute approximate surface area is 637 Å². The Kier molecular flexibility index (Phi) is 40.5. The number of ether oxygens (including phenoxy) is 10. The summed E-state index contributed by atoms with van der Waals surface area (Å²) in [4.78, 5) is 86.7. The van der Waals surface area contributed by atoms with E-state index >= 15 is 0 Å². The summed E-state index contributed by atoms with van der Waals surface area (Å²) in [7, 11) is -8.97. The fraction of sp³-hybridized carbons (Fsp3) is 0.662. The molecule has 2 aliphatic heterocycles. The molecule has 23 nitrogen and oxygen atoms in total. The summed E-state index contributed by atoms with van der Waals surface area (Å²) in [6.45, 7) is 49.0. The Hall–Kier alpha value is -5.45. The van der Waals surface area contributed by atoms with Crippen LogP contribution in [0.1, 0.15) is 142 Å². The number of benzene rings is 2. The van der Waals surface area contributed by atoms with E-state index in [1.807, 2.05) is 60.6 Å². The quantitative estimate of drug-likeness (QED) is 0.0205. The van der Waals surface area contributed by atoms with Crippen LogP contribution in [0.25, 0.3) is 0 Å². The molecule has 0 amide bonds. The number of hydrogen-bond donors (Lipinski definition) is 2. The van der Waals surface area contributed by atoms with Crippen LogP contribution in [0.15, 0.2) is 47.6 Å². The summed E-state index contributed by atoms with van der Waals surface area (Å²) < 4.78 is 98.0. The van der Waals surface area contributed by atoms with Crippen LogP contribution < -0.4 is 24.7 Å². The van der Waals surface area contributed by atoms with E-state index in [0.29, 0.717) is 92.7 Å². The second-order valence-electron chi connectivity index (χ2n) is 33.0. The lowest BCUT2D eigenvalue weighted by molar-refractivity contribution is -0.151. The van der Waals surface area contributed by atoms with Gasteiger partial charge in [-0.15, -0.1) is 0 Å². The summed E-state index contributed by atoms with van der Waals surface area (Å²) in [5.41, 5.74) is 12.9. The van der Waals surface area contributed by atoms with Crippen LogP contribution in [0.4, 0.5) is 0 Å². The Bertz CT molecular complexity index is 3470. The molecule has 4 unspecified atom stereocenters. The molecule has 4 rings (SSSR count). The van der Waals surface area contributed by atoms with Crippen molar-refractivity contribution in [1.82, 2.24) is 0 Å². The molecule has 0 radical (unpaired) electrons. The van der Waals surface area contributed by atoms with Crippen LogP contribution in [0.2, 0.25) is 103 Å². The third-order valence-corrected chi connectivity index (χ3v) is 26.7. The molecule has 106 heavy (non-hydrogen) atoms. The minimum Gasteiger partial charge on any atom is -0.496 e. The zero-order chi connectivity index (χ0) is 80.9. The molecule has 0 fully saturated rings. The van der Waals surface area contributed by atoms with Crippen LogP contribution in [-0.2, 0) is 96.4 Å². The fourth-order valence-electron chi connectivity index (χ4n) is 10.7. The van der Waals surface area contributed by atoms with Gasteiger partial charge >= 0.3 is 51.0 Å². The minimum absolute atomic E-state index is 0. The van der Waals surface area contributed by atoms with Crippen LogP contribution >= 0.6 is 15.2 Å². The van der Waals surface area contributed by atoms with Gasteiger partial charge in [0.1, 0.15) is 47.3 Å². The third kappa shape index (κ3) is 35.9. The zero-order valence-corrected chi connectivity index (χ0v) is 74.7. The van der Waals surface area contributed by atoms with Gasteiger partial charge in [0.25, 0.3) is 0 Å². The minimum atomic E-state index is -4.13. The van der Waals surface area contributed by atoms with Crippen molar-refractivity contribution >= 4 is 83.3 Å². The lowest BCUT2D eigenvalue weighted by atomic mass is 9.93. The van der Waals surface area contributed by atoms with E-state index in [1.165, 1.54) is 27.0 Å². The Balaban J connectivity index is 0.000000676. The molecule has 2 aliphatic rings. The lowest BCUT2D eigenvalue weighted by Gasteiger charge is -2.22. The van der Waals surface area contributed by atoms with Crippen molar-refractivity contribution in [1.29, 1.82) is 0 Å². The van der Waals surface area contributed by atoms with Crippen LogP contribution in [0.3, 0.4) is 0 Å². The number of allylic oxidation sites excluding steroid dienone is 8. The van der Waals surface area contributed by atoms with Crippen LogP contribution in [0, 0.1) is 25.7 Å². The van der Waals surface area contributed by atoms with Crippen molar-refractivity contribution in [3.8, 4) is 23.0 Å². The number of hydrogen-bond acceptors (Lipinski definition) is 22. The molecule has 602 valence electrons. The molecule has 29 heteroatoms. The van der Waals surface area contributed by atoms with Gasteiger partial charge in [-0.1, -0.05) is 126 Å². The number of carbonyl (C=O) groups excluding carboxylic acids is 6. The van der Waals surface area contributed by atoms with E-state index in [1.54, 1.807) is 46.3 Å². The molecule has 0 aliphatic carbocycles. The molecule has 3 N–H and O–H groups in total. The highest BCUT2D eigenvalue weighted by atomic mass is 31.2. The van der Waals surface area contributed by atoms with Gasteiger partial charge in [-0.25, -0.2) is 19.2 Å². The summed E-state index contributed by atoms with van der Waals surface area (Å²) in [5, 5.41) is 0. The maximum Gasteiger partial charge on any atom is 0.342 e. The Morgan fingerprint density at radius 2 is 0.877 bits per heavy atom. The topological polar surface area (TPSA) is 303 Å². The molecule has 0 saturated carbocycles. The monoisotopic (exact) mass is 1600 g/mol. The standard InChI is InChI=1S/C37H61O11PSi2.C36H59O11PSi2.C4H11N/c1-13-44-35(38)28(4)48-49(41,43-6)21-15-14-16-29(36(39)46-20-23-51(10,11)12)24-26(2)17-18-30-33(42-5)27(3)31-25-47-37(40)32(31)34(30)45-19-22-50(7,8)9;1-12-43-34(37)27(4)47-48(40,41)20-14-13-15-28(35(38)45-19-22-50(9,10)11)23-25(2)16-17-29-32(42-5)26(3)30-24-46-36(39)31(30)33(29)44-18-21-49(6,7)8;1-4(2,3)5/h14-15,17,28-29H,13,16,18-25H2,1-12H3;13-14,16,27-28H,12,15,17-24H2,1-11H3,(H,40,41);5H2,1-3H3/b15-14+,26-17+;14-13+,25-16+;/t28-,29?,49?;27-,28?;/m00./s1. The first-order valence-electron chi connectivity index (χ1n) is 36.9. The normalized spacial score (nSPS) is 15.8. The Morgan fingerprint density at radius 1 is 0.538 bits per heavy atom. The van der Waals surface area contributed by atoms with Crippen molar-refractivity contribution in [2.75, 3.05) is 73.3 Å². The number of fused-ring (bicyclic) bond motifs is 2. The van der Waals surface area contributed by atoms with E-state index in [0.717, 1.165) is 68.7 Å². The van der Waals surface area contributed by atoms with Gasteiger partial charge in [-0.3, -0.25) is 27.8 Å². The highest BCUT2D eigenvalue weighted by Gasteiger charge is 2.37. The smallest absolute Gasteiger partial charge is 0.342 e. The fourth-order valence-corrected chi connectivity index (χ4v) is 15.9. The van der Waals surface area contributed by atoms with Gasteiger partial charge in [-0.05, 0) is 150 Å². The highest BCUT2D eigenvalue weighted by Crippen LogP contribution is 2.49. The van der Waals surface area contributed by atoms with Gasteiger partial charge in [0.05, 0.1) is 78.0 Å². The molecular weight excluding hydrogens is 1470 g/mol. The molecule has 2 aromatic carbocycles. The number of nitrogens with two attached hydrogens (primary N) is 1. The number of esters is 6. The molecular formula is C77H131NO22P2Si4. The van der Waals surface area contributed by atoms with Gasteiger partial charge in [0.15, 0.2) is 12.2 Å². The van der Waals surface area contributed by atoms with Gasteiger partial charge in [-0.2, -0.15) is 0 Å². The predicted molar refractivity (Wildman–Crippen MR) is 430 cm³/mol. The first-order chi connectivity index (χ1) is 48.9. The average molecular weight is 1600 g/mol. The maximum absolute atomic E-state index is 13.4. The summed E-state index contributed by atoms with van der Waals surface area (Å²) >= 11 is 0. The molecule has 2 heterocycles. The zero-order valence-electron chi connectivity index (χ0n) is 68.9. The number of methoxy groups -OCH3 is 2. The van der Waals surface area contributed by atoms with Crippen molar-refractivity contribution < 1.29 is 104 Å². The second kappa shape index (κ2) is 44.4. The van der Waals surface area contributed by atoms with Crippen LogP contribution in [0.5, 0.6) is 23.0 Å². The van der Waals surface area contributed by atoms with E-state index in [2.05, 4.69) is 78.6 Å². The number of cyclic esters (lactones) is 2. The molecule has 2 aromatic rings. The van der Waals surface area contributed by atoms with E-state index in [9.17, 15) is 42.8 Å². The SMILES string of the molecule is CC(C)(C)N.CCOC(=O)[C@H](C)OP(=O)(C/C=C/CC(C/C(C)=C/Cc1c(OC)c(C)c2c(c1OCC[Si](C)(C)C)C(=O)OC2)C(=O)OCC[Si](C)(C)C)OC.CCOC(=O)[C@H](C)OP(=O)(O)C/C=C/CC(C/C(C)=C/Cc1c(OC)c(C)c2c(c1OCC[Si](C)(C)C)C(=O)OC2)C(=O)OCC[Si](C)(C)C. The summed E-state index contributed by atoms with van der Waals surface area (Å²) in [5.74, 6) is -1.55. The average Bonchev–Trinajstić information content (AvgIpc) is 1.54. The van der Waals surface area contributed by atoms with Gasteiger partial charge in [0, 0.05) is 67.2 Å². The van der Waals surface area contributed by atoms with Crippen molar-refractivity contribution in [2.45, 2.75) is 248 Å². The molecule has 0 aromatic heterocycles. The molecule has 6 atom stereocenters. The van der Waals surface area contributed by atoms with Crippen molar-refractivity contribution in [2.24, 2.45) is 17.6 Å². The molecule has 0 spiro atoms. The van der Waals surface area contributed by atoms with E-state index in [-0.39, 0.29) is 62.6 Å². The number of rotatable bonds is 43. The van der Waals surface area contributed by atoms with Crippen molar-refractivity contribution in [3.63, 3.8) is 0 Å². The van der Waals surface area contributed by atoms with Crippen LogP contribution in [-0.4, -0.2) is 164 Å². The highest BCUT2D eigenvalue weighted by molar-refractivity contribution is 7.54. The third-order valence-electron chi connectivity index (χ3n) is 16.8. The predicted octanol–water partition coefficient (Wildman–Crippen LogP) is 17.1. The van der Waals surface area contributed by atoms with E-state index < -0.39 is 95.4 Å². The number of carbonyl (C=O) groups is 6. The first-order valence-corrected chi connectivity index (χ1v) is 55.2. The van der Waals surface area contributed by atoms with E-state index in [4.69, 9.17) is 66.7 Å². The Morgan fingerprint density at radius 3 is 1.21 bits per heavy atom. The molecule has 0 saturated heterocycles.